The Balaban J connectivity index is 2.24. The predicted molar refractivity (Wildman–Crippen MR) is 50.2 cm³/mol. The summed E-state index contributed by atoms with van der Waals surface area (Å²) < 4.78 is 4.54. The standard InChI is InChI=1S/C11H13O2/c1-13-11(12)9-5-8-10-6-3-2-4-7-10/h2-4,6H,5,8-9H2,1H3. The second-order valence-electron chi connectivity index (χ2n) is 2.82. The van der Waals surface area contributed by atoms with Crippen molar-refractivity contribution in [3.05, 3.63) is 35.9 Å². The summed E-state index contributed by atoms with van der Waals surface area (Å²) in [6.07, 6.45) is 2.20. The number of aryl methyl sites for hydroxylation is 1. The maximum absolute atomic E-state index is 10.8. The lowest BCUT2D eigenvalue weighted by Gasteiger charge is -1.99. The average Bonchev–Trinajstić information content (AvgIpc) is 2.19. The molecule has 0 unspecified atom stereocenters. The number of benzene rings is 1. The molecule has 1 rings (SSSR count). The van der Waals surface area contributed by atoms with E-state index in [9.17, 15) is 4.79 Å². The highest BCUT2D eigenvalue weighted by Gasteiger charge is 1.99. The molecular formula is C11H13O2. The Morgan fingerprint density at radius 3 is 3.00 bits per heavy atom. The van der Waals surface area contributed by atoms with E-state index in [2.05, 4.69) is 10.8 Å². The number of hydrogen-bond acceptors (Lipinski definition) is 2. The third kappa shape index (κ3) is 3.74. The van der Waals surface area contributed by atoms with Crippen molar-refractivity contribution in [1.82, 2.24) is 0 Å². The van der Waals surface area contributed by atoms with Gasteiger partial charge in [-0.05, 0) is 24.5 Å². The van der Waals surface area contributed by atoms with Gasteiger partial charge in [0.05, 0.1) is 7.11 Å². The fourth-order valence-electron chi connectivity index (χ4n) is 1.11. The molecule has 0 amide bonds. The Kier molecular flexibility index (Phi) is 4.03. The van der Waals surface area contributed by atoms with Crippen LogP contribution in [0.2, 0.25) is 0 Å². The van der Waals surface area contributed by atoms with Gasteiger partial charge in [-0.3, -0.25) is 4.79 Å². The molecule has 2 nitrogen and oxygen atoms in total. The van der Waals surface area contributed by atoms with Gasteiger partial charge < -0.3 is 4.74 Å². The van der Waals surface area contributed by atoms with Gasteiger partial charge in [-0.1, -0.05) is 24.3 Å². The highest BCUT2D eigenvalue weighted by Crippen LogP contribution is 2.03. The zero-order chi connectivity index (χ0) is 9.52. The first-order valence-corrected chi connectivity index (χ1v) is 4.35. The Hall–Kier alpha value is -1.31. The first-order valence-electron chi connectivity index (χ1n) is 4.35. The van der Waals surface area contributed by atoms with Gasteiger partial charge in [0, 0.05) is 6.42 Å². The van der Waals surface area contributed by atoms with Crippen LogP contribution in [0.3, 0.4) is 0 Å². The Morgan fingerprint density at radius 2 is 2.38 bits per heavy atom. The SMILES string of the molecule is COC(=O)CCCc1[c]cccc1. The minimum atomic E-state index is -0.143. The molecule has 0 saturated heterocycles. The van der Waals surface area contributed by atoms with Crippen molar-refractivity contribution < 1.29 is 9.53 Å². The smallest absolute Gasteiger partial charge is 0.305 e. The van der Waals surface area contributed by atoms with Crippen LogP contribution in [0.25, 0.3) is 0 Å². The van der Waals surface area contributed by atoms with E-state index in [1.807, 2.05) is 24.3 Å². The van der Waals surface area contributed by atoms with Crippen molar-refractivity contribution in [2.24, 2.45) is 0 Å². The molecule has 1 radical (unpaired) electrons. The molecule has 0 fully saturated rings. The van der Waals surface area contributed by atoms with Crippen LogP contribution >= 0.6 is 0 Å². The minimum absolute atomic E-state index is 0.143. The lowest BCUT2D eigenvalue weighted by atomic mass is 10.1. The molecule has 0 spiro atoms. The van der Waals surface area contributed by atoms with Crippen LogP contribution in [0.4, 0.5) is 0 Å². The summed E-state index contributed by atoms with van der Waals surface area (Å²) in [5.41, 5.74) is 1.14. The highest BCUT2D eigenvalue weighted by atomic mass is 16.5. The van der Waals surface area contributed by atoms with E-state index in [4.69, 9.17) is 0 Å². The van der Waals surface area contributed by atoms with Crippen LogP contribution in [-0.4, -0.2) is 13.1 Å². The molecule has 0 aliphatic heterocycles. The highest BCUT2D eigenvalue weighted by molar-refractivity contribution is 5.69. The molecule has 0 atom stereocenters. The fourth-order valence-corrected chi connectivity index (χ4v) is 1.11. The van der Waals surface area contributed by atoms with E-state index in [1.54, 1.807) is 0 Å². The summed E-state index contributed by atoms with van der Waals surface area (Å²) in [6, 6.07) is 10.9. The Labute approximate surface area is 78.5 Å². The van der Waals surface area contributed by atoms with E-state index < -0.39 is 0 Å². The van der Waals surface area contributed by atoms with Crippen LogP contribution in [0, 0.1) is 6.07 Å². The van der Waals surface area contributed by atoms with Crippen LogP contribution < -0.4 is 0 Å². The molecular weight excluding hydrogens is 164 g/mol. The minimum Gasteiger partial charge on any atom is -0.469 e. The normalized spacial score (nSPS) is 9.62. The topological polar surface area (TPSA) is 26.3 Å². The number of carbonyl (C=O) groups is 1. The Morgan fingerprint density at radius 1 is 1.54 bits per heavy atom. The second kappa shape index (κ2) is 5.36. The molecule has 69 valence electrons. The zero-order valence-corrected chi connectivity index (χ0v) is 7.75. The Bertz CT molecular complexity index is 254. The summed E-state index contributed by atoms with van der Waals surface area (Å²) in [4.78, 5) is 10.8. The fraction of sp³-hybridized carbons (Fsp3) is 0.364. The molecule has 1 aromatic carbocycles. The van der Waals surface area contributed by atoms with E-state index >= 15 is 0 Å². The third-order valence-corrected chi connectivity index (χ3v) is 1.83. The van der Waals surface area contributed by atoms with E-state index in [-0.39, 0.29) is 5.97 Å². The quantitative estimate of drug-likeness (QED) is 0.657. The molecule has 2 heteroatoms. The van der Waals surface area contributed by atoms with Crippen LogP contribution in [-0.2, 0) is 16.0 Å². The number of carbonyl (C=O) groups excluding carboxylic acids is 1. The number of ether oxygens (including phenoxy) is 1. The molecule has 0 aliphatic carbocycles. The summed E-state index contributed by atoms with van der Waals surface area (Å²) in [5, 5.41) is 0. The monoisotopic (exact) mass is 177 g/mol. The van der Waals surface area contributed by atoms with Crippen LogP contribution in [0.1, 0.15) is 18.4 Å². The third-order valence-electron chi connectivity index (χ3n) is 1.83. The van der Waals surface area contributed by atoms with E-state index in [0.717, 1.165) is 18.4 Å². The molecule has 0 heterocycles. The van der Waals surface area contributed by atoms with Gasteiger partial charge in [0.15, 0.2) is 0 Å². The van der Waals surface area contributed by atoms with Crippen molar-refractivity contribution in [3.8, 4) is 0 Å². The zero-order valence-electron chi connectivity index (χ0n) is 7.75. The van der Waals surface area contributed by atoms with Crippen molar-refractivity contribution >= 4 is 5.97 Å². The number of esters is 1. The average molecular weight is 177 g/mol. The van der Waals surface area contributed by atoms with Gasteiger partial charge >= 0.3 is 5.97 Å². The summed E-state index contributed by atoms with van der Waals surface area (Å²) in [7, 11) is 1.41. The first kappa shape index (κ1) is 9.78. The van der Waals surface area contributed by atoms with Crippen molar-refractivity contribution in [1.29, 1.82) is 0 Å². The molecule has 0 aromatic heterocycles. The van der Waals surface area contributed by atoms with Gasteiger partial charge in [0.2, 0.25) is 0 Å². The number of rotatable bonds is 4. The number of methoxy groups -OCH3 is 1. The molecule has 0 bridgehead atoms. The van der Waals surface area contributed by atoms with Gasteiger partial charge in [0.25, 0.3) is 0 Å². The van der Waals surface area contributed by atoms with Crippen molar-refractivity contribution in [3.63, 3.8) is 0 Å². The first-order chi connectivity index (χ1) is 6.33. The summed E-state index contributed by atoms with van der Waals surface area (Å²) >= 11 is 0. The van der Waals surface area contributed by atoms with E-state index in [1.165, 1.54) is 7.11 Å². The maximum Gasteiger partial charge on any atom is 0.305 e. The molecule has 0 saturated carbocycles. The van der Waals surface area contributed by atoms with Crippen molar-refractivity contribution in [2.45, 2.75) is 19.3 Å². The van der Waals surface area contributed by atoms with Crippen molar-refractivity contribution in [2.75, 3.05) is 7.11 Å². The molecule has 0 aliphatic rings. The largest absolute Gasteiger partial charge is 0.469 e. The van der Waals surface area contributed by atoms with Gasteiger partial charge in [-0.25, -0.2) is 0 Å². The number of hydrogen-bond donors (Lipinski definition) is 0. The summed E-state index contributed by atoms with van der Waals surface area (Å²) in [5.74, 6) is -0.143. The molecule has 1 aromatic rings. The maximum atomic E-state index is 10.8. The summed E-state index contributed by atoms with van der Waals surface area (Å²) in [6.45, 7) is 0. The van der Waals surface area contributed by atoms with Crippen LogP contribution in [0.5, 0.6) is 0 Å². The lowest BCUT2D eigenvalue weighted by Crippen LogP contribution is -2.00. The molecule has 13 heavy (non-hydrogen) atoms. The van der Waals surface area contributed by atoms with Gasteiger partial charge in [0.1, 0.15) is 0 Å². The second-order valence-corrected chi connectivity index (χ2v) is 2.82. The van der Waals surface area contributed by atoms with Crippen LogP contribution in [0.15, 0.2) is 24.3 Å². The molecule has 0 N–H and O–H groups in total. The lowest BCUT2D eigenvalue weighted by molar-refractivity contribution is -0.140. The van der Waals surface area contributed by atoms with E-state index in [0.29, 0.717) is 6.42 Å². The van der Waals surface area contributed by atoms with Gasteiger partial charge in [-0.2, -0.15) is 0 Å². The van der Waals surface area contributed by atoms with Gasteiger partial charge in [-0.15, -0.1) is 0 Å². The predicted octanol–water partition coefficient (Wildman–Crippen LogP) is 1.98.